The Kier molecular flexibility index (Phi) is 6.33. The Hall–Kier alpha value is -3.97. The van der Waals surface area contributed by atoms with Crippen molar-refractivity contribution in [2.45, 2.75) is 6.61 Å². The number of hydrogen-bond donors (Lipinski definition) is 0. The average Bonchev–Trinajstić information content (AvgIpc) is 3.22. The van der Waals surface area contributed by atoms with E-state index in [0.717, 1.165) is 16.3 Å². The maximum Gasteiger partial charge on any atom is 0.363 e. The van der Waals surface area contributed by atoms with Crippen molar-refractivity contribution in [1.82, 2.24) is 0 Å². The fraction of sp³-hybridized carbons (Fsp3) is 0.0714. The number of fused-ring (bicyclic) bond motifs is 1. The molecule has 35 heavy (non-hydrogen) atoms. The van der Waals surface area contributed by atoms with Crippen LogP contribution in [0.25, 0.3) is 16.8 Å². The minimum absolute atomic E-state index is 0.166. The molecule has 0 fully saturated rings. The van der Waals surface area contributed by atoms with E-state index in [1.54, 1.807) is 30.3 Å². The monoisotopic (exact) mass is 531 g/mol. The zero-order valence-electron chi connectivity index (χ0n) is 18.6. The van der Waals surface area contributed by atoms with Gasteiger partial charge in [0.05, 0.1) is 11.6 Å². The van der Waals surface area contributed by atoms with Crippen molar-refractivity contribution in [3.63, 3.8) is 0 Å². The van der Waals surface area contributed by atoms with E-state index in [0.29, 0.717) is 27.1 Å². The Balaban J connectivity index is 1.41. The second-order valence-corrected chi connectivity index (χ2v) is 8.71. The van der Waals surface area contributed by atoms with Crippen LogP contribution in [0.15, 0.2) is 94.0 Å². The van der Waals surface area contributed by atoms with Gasteiger partial charge in [0, 0.05) is 5.56 Å². The SMILES string of the molecule is COc1cc(/C=C2\N=C(c3ccc4ccccc4c3)OC2=O)cc(Br)c1OCc1cccc(F)c1. The van der Waals surface area contributed by atoms with Crippen LogP contribution >= 0.6 is 15.9 Å². The third-order valence-electron chi connectivity index (χ3n) is 5.44. The van der Waals surface area contributed by atoms with Crippen molar-refractivity contribution >= 4 is 44.6 Å². The van der Waals surface area contributed by atoms with Crippen molar-refractivity contribution in [1.29, 1.82) is 0 Å². The molecule has 174 valence electrons. The molecule has 0 radical (unpaired) electrons. The van der Waals surface area contributed by atoms with Crippen LogP contribution in [0, 0.1) is 5.82 Å². The van der Waals surface area contributed by atoms with Gasteiger partial charge in [-0.15, -0.1) is 0 Å². The lowest BCUT2D eigenvalue weighted by molar-refractivity contribution is -0.129. The van der Waals surface area contributed by atoms with Gasteiger partial charge >= 0.3 is 5.97 Å². The summed E-state index contributed by atoms with van der Waals surface area (Å²) in [5.74, 6) is 0.315. The molecule has 4 aromatic carbocycles. The van der Waals surface area contributed by atoms with E-state index in [-0.39, 0.29) is 24.0 Å². The topological polar surface area (TPSA) is 57.1 Å². The molecule has 0 saturated heterocycles. The molecule has 7 heteroatoms. The molecule has 0 N–H and O–H groups in total. The maximum absolute atomic E-state index is 13.5. The highest BCUT2D eigenvalue weighted by Gasteiger charge is 2.24. The molecular weight excluding hydrogens is 513 g/mol. The highest BCUT2D eigenvalue weighted by atomic mass is 79.9. The van der Waals surface area contributed by atoms with Crippen molar-refractivity contribution < 1.29 is 23.4 Å². The number of ether oxygens (including phenoxy) is 3. The lowest BCUT2D eigenvalue weighted by atomic mass is 10.1. The second-order valence-electron chi connectivity index (χ2n) is 7.85. The predicted molar refractivity (Wildman–Crippen MR) is 136 cm³/mol. The number of methoxy groups -OCH3 is 1. The summed E-state index contributed by atoms with van der Waals surface area (Å²) in [6.45, 7) is 0.166. The normalized spacial score (nSPS) is 14.2. The summed E-state index contributed by atoms with van der Waals surface area (Å²) < 4.78 is 30.9. The van der Waals surface area contributed by atoms with Crippen LogP contribution in [-0.4, -0.2) is 19.0 Å². The molecular formula is C28H19BrFNO4. The third kappa shape index (κ3) is 4.95. The van der Waals surface area contributed by atoms with Crippen LogP contribution in [0.5, 0.6) is 11.5 Å². The highest BCUT2D eigenvalue weighted by Crippen LogP contribution is 2.38. The van der Waals surface area contributed by atoms with E-state index >= 15 is 0 Å². The van der Waals surface area contributed by atoms with Gasteiger partial charge in [-0.2, -0.15) is 0 Å². The summed E-state index contributed by atoms with van der Waals surface area (Å²) in [5, 5.41) is 2.12. The Morgan fingerprint density at radius 2 is 1.83 bits per heavy atom. The molecule has 1 heterocycles. The molecule has 5 rings (SSSR count). The quantitative estimate of drug-likeness (QED) is 0.206. The van der Waals surface area contributed by atoms with Crippen molar-refractivity contribution in [2.75, 3.05) is 7.11 Å². The number of cyclic esters (lactones) is 1. The molecule has 0 spiro atoms. The molecule has 0 unspecified atom stereocenters. The molecule has 0 aliphatic carbocycles. The minimum Gasteiger partial charge on any atom is -0.493 e. The molecule has 5 nitrogen and oxygen atoms in total. The molecule has 0 atom stereocenters. The zero-order chi connectivity index (χ0) is 24.4. The van der Waals surface area contributed by atoms with Crippen molar-refractivity contribution in [3.8, 4) is 11.5 Å². The van der Waals surface area contributed by atoms with Crippen LogP contribution in [0.4, 0.5) is 4.39 Å². The number of rotatable bonds is 6. The van der Waals surface area contributed by atoms with E-state index in [1.165, 1.54) is 19.2 Å². The summed E-state index contributed by atoms with van der Waals surface area (Å²) >= 11 is 3.50. The smallest absolute Gasteiger partial charge is 0.363 e. The first-order valence-corrected chi connectivity index (χ1v) is 11.6. The summed E-state index contributed by atoms with van der Waals surface area (Å²) in [5.41, 5.74) is 2.26. The first-order valence-electron chi connectivity index (χ1n) is 10.8. The van der Waals surface area contributed by atoms with Gasteiger partial charge in [-0.1, -0.05) is 42.5 Å². The van der Waals surface area contributed by atoms with Crippen LogP contribution in [0.2, 0.25) is 0 Å². The Labute approximate surface area is 209 Å². The van der Waals surface area contributed by atoms with E-state index in [9.17, 15) is 9.18 Å². The lowest BCUT2D eigenvalue weighted by Crippen LogP contribution is -2.05. The number of nitrogens with zero attached hydrogens (tertiary/aromatic N) is 1. The van der Waals surface area contributed by atoms with Gasteiger partial charge in [0.1, 0.15) is 12.4 Å². The summed E-state index contributed by atoms with van der Waals surface area (Å²) in [6, 6.07) is 23.4. The fourth-order valence-electron chi connectivity index (χ4n) is 3.76. The van der Waals surface area contributed by atoms with Crippen molar-refractivity contribution in [2.24, 2.45) is 4.99 Å². The van der Waals surface area contributed by atoms with Gasteiger partial charge in [-0.05, 0) is 80.3 Å². The standard InChI is InChI=1S/C28H19BrFNO4/c1-33-25-14-18(12-23(29)26(25)34-16-17-5-4-8-22(30)11-17)13-24-28(32)35-27(31-24)21-10-9-19-6-2-3-7-20(19)15-21/h2-15H,16H2,1H3/b24-13-. The first kappa shape index (κ1) is 22.8. The molecule has 1 aliphatic heterocycles. The van der Waals surface area contributed by atoms with E-state index in [4.69, 9.17) is 14.2 Å². The summed E-state index contributed by atoms with van der Waals surface area (Å²) in [4.78, 5) is 16.9. The van der Waals surface area contributed by atoms with Gasteiger partial charge in [-0.25, -0.2) is 14.2 Å². The second kappa shape index (κ2) is 9.72. The number of benzene rings is 4. The molecule has 0 aromatic heterocycles. The Bertz CT molecular complexity index is 1510. The lowest BCUT2D eigenvalue weighted by Gasteiger charge is -2.13. The Morgan fingerprint density at radius 3 is 2.63 bits per heavy atom. The number of carbonyl (C=O) groups excluding carboxylic acids is 1. The highest BCUT2D eigenvalue weighted by molar-refractivity contribution is 9.10. The fourth-order valence-corrected chi connectivity index (χ4v) is 4.33. The number of esters is 1. The molecule has 1 aliphatic rings. The summed E-state index contributed by atoms with van der Waals surface area (Å²) in [6.07, 6.45) is 1.63. The van der Waals surface area contributed by atoms with Crippen LogP contribution in [0.3, 0.4) is 0 Å². The van der Waals surface area contributed by atoms with E-state index < -0.39 is 5.97 Å². The average molecular weight is 532 g/mol. The molecule has 4 aromatic rings. The number of aliphatic imine (C=N–C) groups is 1. The van der Waals surface area contributed by atoms with E-state index in [2.05, 4.69) is 20.9 Å². The Morgan fingerprint density at radius 1 is 1.00 bits per heavy atom. The zero-order valence-corrected chi connectivity index (χ0v) is 20.2. The number of halogens is 2. The predicted octanol–water partition coefficient (Wildman–Crippen LogP) is 6.67. The molecule has 0 saturated carbocycles. The number of hydrogen-bond acceptors (Lipinski definition) is 5. The number of carbonyl (C=O) groups is 1. The van der Waals surface area contributed by atoms with Gasteiger partial charge in [-0.3, -0.25) is 0 Å². The third-order valence-corrected chi connectivity index (χ3v) is 6.03. The van der Waals surface area contributed by atoms with E-state index in [1.807, 2.05) is 42.5 Å². The van der Waals surface area contributed by atoms with Gasteiger partial charge in [0.15, 0.2) is 17.2 Å². The summed E-state index contributed by atoms with van der Waals surface area (Å²) in [7, 11) is 1.52. The largest absolute Gasteiger partial charge is 0.493 e. The van der Waals surface area contributed by atoms with Crippen LogP contribution in [-0.2, 0) is 16.1 Å². The van der Waals surface area contributed by atoms with Gasteiger partial charge < -0.3 is 14.2 Å². The van der Waals surface area contributed by atoms with Gasteiger partial charge in [0.25, 0.3) is 0 Å². The van der Waals surface area contributed by atoms with Crippen LogP contribution < -0.4 is 9.47 Å². The molecule has 0 amide bonds. The first-order chi connectivity index (χ1) is 17.0. The van der Waals surface area contributed by atoms with Gasteiger partial charge in [0.2, 0.25) is 5.90 Å². The molecule has 0 bridgehead atoms. The minimum atomic E-state index is -0.533. The maximum atomic E-state index is 13.5. The van der Waals surface area contributed by atoms with Crippen molar-refractivity contribution in [3.05, 3.63) is 112 Å². The van der Waals surface area contributed by atoms with Crippen LogP contribution in [0.1, 0.15) is 16.7 Å².